The molecule has 0 aromatic rings. The number of carbonyl (C=O) groups excluding carboxylic acids is 1. The van der Waals surface area contributed by atoms with Gasteiger partial charge in [0.2, 0.25) is 11.2 Å². The van der Waals surface area contributed by atoms with Crippen molar-refractivity contribution < 1.29 is 73.7 Å². The third kappa shape index (κ3) is 10.6. The first-order valence-corrected chi connectivity index (χ1v) is 6.92. The van der Waals surface area contributed by atoms with Crippen molar-refractivity contribution in [3.8, 4) is 0 Å². The molecule has 0 aliphatic heterocycles. The van der Waals surface area contributed by atoms with E-state index < -0.39 is 78.9 Å². The third-order valence-electron chi connectivity index (χ3n) is 3.08. The van der Waals surface area contributed by atoms with Crippen molar-refractivity contribution in [3.63, 3.8) is 0 Å². The third-order valence-corrected chi connectivity index (χ3v) is 3.08. The number of rotatable bonds is 12. The van der Waals surface area contributed by atoms with E-state index in [2.05, 4.69) is 9.47 Å². The summed E-state index contributed by atoms with van der Waals surface area (Å²) in [5, 5.41) is 53.2. The van der Waals surface area contributed by atoms with E-state index in [9.17, 15) is 33.6 Å². The standard InChI is InChI=1S/C13H14O15.2Ca.4H/c14-5(15)1-12(9(22)23,2-6(16)17)27-11(26)28-13(10(24)25,3-7(18)19)4-8(20)21;;;;;;/h1-4H2,(H,14,15)(H,16,17)(H,18,19)(H,20,21)(H,22,23)(H,24,25);;;;;;. The average Bonchev–Trinajstić information content (AvgIpc) is 2.42. The van der Waals surface area contributed by atoms with E-state index in [0.29, 0.717) is 0 Å². The molecule has 17 heteroatoms. The molecule has 0 atom stereocenters. The van der Waals surface area contributed by atoms with Crippen molar-refractivity contribution in [2.45, 2.75) is 36.9 Å². The summed E-state index contributed by atoms with van der Waals surface area (Å²) in [6.07, 6.45) is -8.62. The summed E-state index contributed by atoms with van der Waals surface area (Å²) in [5.41, 5.74) is -6.49. The zero-order chi connectivity index (χ0) is 22.3. The Morgan fingerprint density at radius 2 is 0.700 bits per heavy atom. The number of carbonyl (C=O) groups is 7. The van der Waals surface area contributed by atoms with Crippen molar-refractivity contribution in [2.75, 3.05) is 0 Å². The van der Waals surface area contributed by atoms with Crippen molar-refractivity contribution >= 4 is 117 Å². The van der Waals surface area contributed by atoms with Gasteiger partial charge in [-0.3, -0.25) is 19.2 Å². The van der Waals surface area contributed by atoms with Crippen LogP contribution in [0.25, 0.3) is 0 Å². The molecule has 0 heterocycles. The van der Waals surface area contributed by atoms with Crippen LogP contribution in [-0.4, -0.2) is 159 Å². The SMILES string of the molecule is O=C(O)CC(CC(=O)O)(OC(=O)OC(CC(=O)O)(CC(=O)O)C(=O)O)C(=O)O.[CaH2].[CaH2]. The van der Waals surface area contributed by atoms with E-state index >= 15 is 0 Å². The maximum atomic E-state index is 11.9. The molecule has 0 unspecified atom stereocenters. The van der Waals surface area contributed by atoms with Crippen LogP contribution in [0.1, 0.15) is 25.7 Å². The summed E-state index contributed by atoms with van der Waals surface area (Å²) >= 11 is 0. The molecule has 30 heavy (non-hydrogen) atoms. The maximum absolute atomic E-state index is 11.9. The second-order valence-corrected chi connectivity index (χ2v) is 5.34. The molecule has 0 saturated carbocycles. The summed E-state index contributed by atoms with van der Waals surface area (Å²) in [6.45, 7) is 0. The molecule has 0 radical (unpaired) electrons. The van der Waals surface area contributed by atoms with Crippen LogP contribution in [0.3, 0.4) is 0 Å². The minimum absolute atomic E-state index is 0. The molecule has 0 aliphatic carbocycles. The summed E-state index contributed by atoms with van der Waals surface area (Å²) < 4.78 is 8.44. The van der Waals surface area contributed by atoms with Gasteiger partial charge in [0.05, 0.1) is 25.7 Å². The van der Waals surface area contributed by atoms with Gasteiger partial charge in [-0.2, -0.15) is 0 Å². The predicted molar refractivity (Wildman–Crippen MR) is 94.4 cm³/mol. The monoisotopic (exact) mass is 494 g/mol. The molecule has 0 aromatic carbocycles. The van der Waals surface area contributed by atoms with Gasteiger partial charge in [-0.05, 0) is 0 Å². The molecule has 6 N–H and O–H groups in total. The Morgan fingerprint density at radius 3 is 0.833 bits per heavy atom. The molecule has 15 nitrogen and oxygen atoms in total. The number of carboxylic acid groups (broad SMARTS) is 6. The molecule has 0 amide bonds. The predicted octanol–water partition coefficient (Wildman–Crippen LogP) is -3.15. The van der Waals surface area contributed by atoms with Crippen molar-refractivity contribution in [3.05, 3.63) is 0 Å². The van der Waals surface area contributed by atoms with Gasteiger partial charge in [0.25, 0.3) is 0 Å². The first-order chi connectivity index (χ1) is 12.7. The van der Waals surface area contributed by atoms with Gasteiger partial charge in [-0.1, -0.05) is 0 Å². The van der Waals surface area contributed by atoms with Gasteiger partial charge in [-0.15, -0.1) is 0 Å². The molecule has 0 fully saturated rings. The molecule has 0 aliphatic rings. The van der Waals surface area contributed by atoms with Crippen molar-refractivity contribution in [2.24, 2.45) is 0 Å². The molecular formula is C13H18Ca2O15. The minimum atomic E-state index is -3.24. The van der Waals surface area contributed by atoms with Gasteiger partial charge in [0.15, 0.2) is 0 Å². The zero-order valence-corrected chi connectivity index (χ0v) is 13.7. The second-order valence-electron chi connectivity index (χ2n) is 5.34. The molecule has 0 aromatic heterocycles. The summed E-state index contributed by atoms with van der Waals surface area (Å²) in [6, 6.07) is 0. The van der Waals surface area contributed by atoms with Crippen LogP contribution in [0.5, 0.6) is 0 Å². The van der Waals surface area contributed by atoms with Crippen LogP contribution in [0.15, 0.2) is 0 Å². The Kier molecular flexibility index (Phi) is 15.3. The normalized spacial score (nSPS) is 10.4. The van der Waals surface area contributed by atoms with Gasteiger partial charge >= 0.3 is 117 Å². The average molecular weight is 494 g/mol. The Morgan fingerprint density at radius 1 is 0.500 bits per heavy atom. The number of ether oxygens (including phenoxy) is 2. The first kappa shape index (κ1) is 33.3. The summed E-state index contributed by atoms with van der Waals surface area (Å²) in [5.74, 6) is -12.2. The number of aliphatic carboxylic acids is 6. The molecule has 0 rings (SSSR count). The van der Waals surface area contributed by atoms with Gasteiger partial charge in [0, 0.05) is 0 Å². The van der Waals surface area contributed by atoms with Crippen LogP contribution in [0.2, 0.25) is 0 Å². The fraction of sp³-hybridized carbons (Fsp3) is 0.462. The topological polar surface area (TPSA) is 259 Å². The van der Waals surface area contributed by atoms with Crippen LogP contribution in [0.4, 0.5) is 4.79 Å². The van der Waals surface area contributed by atoms with Crippen LogP contribution in [0, 0.1) is 0 Å². The quantitative estimate of drug-likeness (QED) is 0.116. The molecule has 0 spiro atoms. The van der Waals surface area contributed by atoms with E-state index in [1.807, 2.05) is 0 Å². The molecule has 0 bridgehead atoms. The number of hydrogen-bond donors (Lipinski definition) is 6. The van der Waals surface area contributed by atoms with Crippen LogP contribution < -0.4 is 0 Å². The number of hydrogen-bond acceptors (Lipinski definition) is 9. The fourth-order valence-electron chi connectivity index (χ4n) is 1.98. The number of carboxylic acids is 6. The van der Waals surface area contributed by atoms with E-state index in [0.717, 1.165) is 0 Å². The Hall–Kier alpha value is -1.39. The van der Waals surface area contributed by atoms with Gasteiger partial charge in [0.1, 0.15) is 0 Å². The van der Waals surface area contributed by atoms with Crippen molar-refractivity contribution in [1.82, 2.24) is 0 Å². The van der Waals surface area contributed by atoms with E-state index in [1.54, 1.807) is 0 Å². The van der Waals surface area contributed by atoms with Crippen molar-refractivity contribution in [1.29, 1.82) is 0 Å². The summed E-state index contributed by atoms with van der Waals surface area (Å²) in [7, 11) is 0. The molecular weight excluding hydrogens is 476 g/mol. The fourth-order valence-corrected chi connectivity index (χ4v) is 1.98. The van der Waals surface area contributed by atoms with E-state index in [1.165, 1.54) is 0 Å². The Balaban J connectivity index is -0.00000364. The van der Waals surface area contributed by atoms with Crippen LogP contribution in [-0.2, 0) is 38.2 Å². The van der Waals surface area contributed by atoms with E-state index in [4.69, 9.17) is 30.6 Å². The Bertz CT molecular complexity index is 625. The van der Waals surface area contributed by atoms with Gasteiger partial charge < -0.3 is 40.1 Å². The second kappa shape index (κ2) is 13.8. The first-order valence-electron chi connectivity index (χ1n) is 6.92. The Labute approximate surface area is 225 Å². The van der Waals surface area contributed by atoms with E-state index in [-0.39, 0.29) is 75.5 Å². The summed E-state index contributed by atoms with van der Waals surface area (Å²) in [4.78, 5) is 77.8. The van der Waals surface area contributed by atoms with Gasteiger partial charge in [-0.25, -0.2) is 14.4 Å². The van der Waals surface area contributed by atoms with Crippen LogP contribution >= 0.6 is 0 Å². The zero-order valence-electron chi connectivity index (χ0n) is 13.7. The molecule has 164 valence electrons. The molecule has 0 saturated heterocycles.